The maximum atomic E-state index is 12.5. The Hall–Kier alpha value is -0.730. The summed E-state index contributed by atoms with van der Waals surface area (Å²) in [7, 11) is -1.93. The van der Waals surface area contributed by atoms with Crippen LogP contribution in [-0.2, 0) is 17.1 Å². The van der Waals surface area contributed by atoms with Crippen molar-refractivity contribution in [3.8, 4) is 0 Å². The second-order valence-corrected chi connectivity index (χ2v) is 8.67. The third kappa shape index (κ3) is 3.37. The van der Waals surface area contributed by atoms with Crippen LogP contribution in [0.1, 0.15) is 37.8 Å². The summed E-state index contributed by atoms with van der Waals surface area (Å²) in [5.41, 5.74) is 6.30. The van der Waals surface area contributed by atoms with Crippen LogP contribution in [0.2, 0.25) is 0 Å². The molecular formula is C13H24N4O2S2. The molecule has 0 radical (unpaired) electrons. The number of hydrogen-bond donors (Lipinski definition) is 2. The summed E-state index contributed by atoms with van der Waals surface area (Å²) in [6.07, 6.45) is 7.73. The molecule has 1 aromatic rings. The molecule has 6 nitrogen and oxygen atoms in total. The highest BCUT2D eigenvalue weighted by Crippen LogP contribution is 2.38. The number of sulfonamides is 1. The lowest BCUT2D eigenvalue weighted by Crippen LogP contribution is -2.41. The van der Waals surface area contributed by atoms with Crippen molar-refractivity contribution >= 4 is 27.6 Å². The van der Waals surface area contributed by atoms with Crippen LogP contribution in [0, 0.1) is 6.92 Å². The van der Waals surface area contributed by atoms with E-state index >= 15 is 0 Å². The first-order valence-electron chi connectivity index (χ1n) is 7.15. The quantitative estimate of drug-likeness (QED) is 0.856. The van der Waals surface area contributed by atoms with Gasteiger partial charge in [-0.15, -0.1) is 0 Å². The van der Waals surface area contributed by atoms with Gasteiger partial charge in [0.15, 0.2) is 5.82 Å². The first-order chi connectivity index (χ1) is 9.81. The highest BCUT2D eigenvalue weighted by Gasteiger charge is 2.34. The number of nitrogens with zero attached hydrogens (tertiary/aromatic N) is 2. The van der Waals surface area contributed by atoms with Gasteiger partial charge in [-0.1, -0.05) is 19.3 Å². The van der Waals surface area contributed by atoms with E-state index in [4.69, 9.17) is 5.73 Å². The van der Waals surface area contributed by atoms with Gasteiger partial charge in [-0.2, -0.15) is 16.9 Å². The van der Waals surface area contributed by atoms with Crippen LogP contribution in [0.3, 0.4) is 0 Å². The largest absolute Gasteiger partial charge is 0.381 e. The number of aromatic nitrogens is 2. The third-order valence-corrected chi connectivity index (χ3v) is 7.34. The minimum atomic E-state index is -3.62. The fourth-order valence-corrected chi connectivity index (χ4v) is 5.35. The molecule has 0 atom stereocenters. The molecule has 1 aliphatic carbocycles. The van der Waals surface area contributed by atoms with Gasteiger partial charge in [-0.3, -0.25) is 4.68 Å². The van der Waals surface area contributed by atoms with Crippen molar-refractivity contribution in [1.82, 2.24) is 14.5 Å². The van der Waals surface area contributed by atoms with Crippen LogP contribution >= 0.6 is 11.8 Å². The van der Waals surface area contributed by atoms with Gasteiger partial charge in [-0.05, 0) is 26.0 Å². The number of nitrogen functional groups attached to an aromatic ring is 1. The van der Waals surface area contributed by atoms with E-state index in [2.05, 4.69) is 16.1 Å². The van der Waals surface area contributed by atoms with E-state index in [1.165, 1.54) is 11.1 Å². The molecule has 8 heteroatoms. The number of rotatable bonds is 5. The van der Waals surface area contributed by atoms with Gasteiger partial charge in [0.05, 0.1) is 5.69 Å². The predicted molar refractivity (Wildman–Crippen MR) is 86.9 cm³/mol. The topological polar surface area (TPSA) is 90.0 Å². The number of anilines is 1. The Morgan fingerprint density at radius 3 is 2.48 bits per heavy atom. The average Bonchev–Trinajstić information content (AvgIpc) is 2.71. The van der Waals surface area contributed by atoms with Gasteiger partial charge < -0.3 is 5.73 Å². The van der Waals surface area contributed by atoms with Gasteiger partial charge in [0.2, 0.25) is 10.0 Å². The van der Waals surface area contributed by atoms with Gasteiger partial charge >= 0.3 is 0 Å². The molecule has 1 saturated carbocycles. The molecule has 2 rings (SSSR count). The first kappa shape index (κ1) is 16.6. The number of aryl methyl sites for hydroxylation is 1. The zero-order valence-corrected chi connectivity index (χ0v) is 14.5. The molecular weight excluding hydrogens is 308 g/mol. The van der Waals surface area contributed by atoms with Gasteiger partial charge in [0.1, 0.15) is 4.90 Å². The molecule has 1 fully saturated rings. The van der Waals surface area contributed by atoms with Crippen molar-refractivity contribution < 1.29 is 8.42 Å². The highest BCUT2D eigenvalue weighted by molar-refractivity contribution is 8.00. The summed E-state index contributed by atoms with van der Waals surface area (Å²) in [6, 6.07) is 0. The lowest BCUT2D eigenvalue weighted by Gasteiger charge is -2.35. The fraction of sp³-hybridized carbons (Fsp3) is 0.769. The number of nitrogens with one attached hydrogen (secondary N) is 1. The Morgan fingerprint density at radius 1 is 1.38 bits per heavy atom. The summed E-state index contributed by atoms with van der Waals surface area (Å²) < 4.78 is 29.3. The summed E-state index contributed by atoms with van der Waals surface area (Å²) in [6.45, 7) is 2.16. The molecule has 0 unspecified atom stereocenters. The van der Waals surface area contributed by atoms with Crippen LogP contribution in [0.25, 0.3) is 0 Å². The Kier molecular flexibility index (Phi) is 4.89. The van der Waals surface area contributed by atoms with Crippen molar-refractivity contribution in [3.63, 3.8) is 0 Å². The molecule has 0 bridgehead atoms. The Balaban J connectivity index is 2.18. The summed E-state index contributed by atoms with van der Waals surface area (Å²) in [5.74, 6) is 0.0596. The van der Waals surface area contributed by atoms with E-state index in [0.717, 1.165) is 25.7 Å². The minimum absolute atomic E-state index is 0.0101. The van der Waals surface area contributed by atoms with Crippen molar-refractivity contribution in [3.05, 3.63) is 5.69 Å². The molecule has 3 N–H and O–H groups in total. The van der Waals surface area contributed by atoms with E-state index in [1.807, 2.05) is 0 Å². The fourth-order valence-electron chi connectivity index (χ4n) is 2.89. The van der Waals surface area contributed by atoms with Crippen molar-refractivity contribution in [1.29, 1.82) is 0 Å². The number of hydrogen-bond acceptors (Lipinski definition) is 5. The van der Waals surface area contributed by atoms with E-state index in [0.29, 0.717) is 12.2 Å². The van der Waals surface area contributed by atoms with Gasteiger partial charge in [-0.25, -0.2) is 13.1 Å². The number of thioether (sulfide) groups is 1. The minimum Gasteiger partial charge on any atom is -0.381 e. The molecule has 120 valence electrons. The van der Waals surface area contributed by atoms with Crippen molar-refractivity contribution in [2.75, 3.05) is 18.5 Å². The molecule has 1 aliphatic rings. The molecule has 21 heavy (non-hydrogen) atoms. The van der Waals surface area contributed by atoms with Crippen LogP contribution < -0.4 is 10.5 Å². The third-order valence-electron chi connectivity index (χ3n) is 4.36. The van der Waals surface area contributed by atoms with Crippen molar-refractivity contribution in [2.45, 2.75) is 48.7 Å². The average molecular weight is 332 g/mol. The van der Waals surface area contributed by atoms with Crippen LogP contribution in [0.4, 0.5) is 5.82 Å². The van der Waals surface area contributed by atoms with E-state index < -0.39 is 10.0 Å². The lowest BCUT2D eigenvalue weighted by molar-refractivity contribution is 0.395. The molecule has 1 heterocycles. The number of nitrogens with two attached hydrogens (primary N) is 1. The second kappa shape index (κ2) is 6.18. The van der Waals surface area contributed by atoms with Crippen LogP contribution in [0.15, 0.2) is 4.90 Å². The van der Waals surface area contributed by atoms with Crippen molar-refractivity contribution in [2.24, 2.45) is 7.05 Å². The molecule has 0 aliphatic heterocycles. The van der Waals surface area contributed by atoms with E-state index in [9.17, 15) is 8.42 Å². The van der Waals surface area contributed by atoms with Crippen LogP contribution in [-0.4, -0.2) is 35.7 Å². The van der Waals surface area contributed by atoms with Crippen LogP contribution in [0.5, 0.6) is 0 Å². The Labute approximate surface area is 130 Å². The molecule has 0 amide bonds. The molecule has 0 aromatic carbocycles. The zero-order chi connectivity index (χ0) is 15.7. The first-order valence-corrected chi connectivity index (χ1v) is 9.86. The summed E-state index contributed by atoms with van der Waals surface area (Å²) >= 11 is 1.76. The SMILES string of the molecule is CSC1(CNS(=O)(=O)c2c(N)nn(C)c2C)CCCCC1. The standard InChI is InChI=1S/C13H24N4O2S2/c1-10-11(12(14)16-17(10)2)21(18,19)15-9-13(20-3)7-5-4-6-8-13/h15H,4-9H2,1-3H3,(H2,14,16). The monoisotopic (exact) mass is 332 g/mol. The smallest absolute Gasteiger partial charge is 0.246 e. The summed E-state index contributed by atoms with van der Waals surface area (Å²) in [4.78, 5) is 0.108. The van der Waals surface area contributed by atoms with Gasteiger partial charge in [0, 0.05) is 18.3 Å². The molecule has 0 saturated heterocycles. The zero-order valence-electron chi connectivity index (χ0n) is 12.8. The maximum Gasteiger partial charge on any atom is 0.246 e. The van der Waals surface area contributed by atoms with E-state index in [1.54, 1.807) is 25.7 Å². The lowest BCUT2D eigenvalue weighted by atomic mass is 9.88. The Morgan fingerprint density at radius 2 is 2.00 bits per heavy atom. The Bertz CT molecular complexity index is 604. The summed E-state index contributed by atoms with van der Waals surface area (Å²) in [5, 5.41) is 3.98. The molecule has 0 spiro atoms. The maximum absolute atomic E-state index is 12.5. The van der Waals surface area contributed by atoms with E-state index in [-0.39, 0.29) is 15.5 Å². The normalized spacial score (nSPS) is 18.8. The highest BCUT2D eigenvalue weighted by atomic mass is 32.2. The predicted octanol–water partition coefficient (Wildman–Crippen LogP) is 1.65. The van der Waals surface area contributed by atoms with Gasteiger partial charge in [0.25, 0.3) is 0 Å². The molecule has 1 aromatic heterocycles. The second-order valence-electron chi connectivity index (χ2n) is 5.70.